The molecular formula is C13H20N2O3S. The Labute approximate surface area is 115 Å². The molecule has 1 aliphatic rings. The lowest BCUT2D eigenvalue weighted by Gasteiger charge is -2.11. The second kappa shape index (κ2) is 5.45. The van der Waals surface area contributed by atoms with Gasteiger partial charge in [0.25, 0.3) is 0 Å². The molecule has 0 saturated heterocycles. The van der Waals surface area contributed by atoms with Gasteiger partial charge in [0.2, 0.25) is 0 Å². The van der Waals surface area contributed by atoms with Crippen LogP contribution in [0.5, 0.6) is 0 Å². The molecule has 0 bridgehead atoms. The van der Waals surface area contributed by atoms with E-state index in [2.05, 4.69) is 5.10 Å². The Morgan fingerprint density at radius 3 is 2.74 bits per heavy atom. The van der Waals surface area contributed by atoms with Gasteiger partial charge in [0, 0.05) is 28.8 Å². The highest BCUT2D eigenvalue weighted by atomic mass is 32.2. The summed E-state index contributed by atoms with van der Waals surface area (Å²) in [5.41, 5.74) is 0.607. The van der Waals surface area contributed by atoms with Gasteiger partial charge in [-0.1, -0.05) is 0 Å². The van der Waals surface area contributed by atoms with E-state index in [1.165, 1.54) is 0 Å². The van der Waals surface area contributed by atoms with E-state index >= 15 is 0 Å². The van der Waals surface area contributed by atoms with Gasteiger partial charge in [-0.15, -0.1) is 0 Å². The highest BCUT2D eigenvalue weighted by Crippen LogP contribution is 2.49. The monoisotopic (exact) mass is 284 g/mol. The lowest BCUT2D eigenvalue weighted by Crippen LogP contribution is -2.17. The molecular weight excluding hydrogens is 264 g/mol. The molecule has 0 aromatic carbocycles. The van der Waals surface area contributed by atoms with E-state index in [1.807, 2.05) is 30.8 Å². The first-order chi connectivity index (χ1) is 8.90. The molecule has 5 nitrogen and oxygen atoms in total. The molecule has 1 aliphatic carbocycles. The molecule has 0 spiro atoms. The predicted molar refractivity (Wildman–Crippen MR) is 73.2 cm³/mol. The second-order valence-electron chi connectivity index (χ2n) is 5.68. The largest absolute Gasteiger partial charge is 0.481 e. The third-order valence-electron chi connectivity index (χ3n) is 3.45. The van der Waals surface area contributed by atoms with Crippen LogP contribution in [0.2, 0.25) is 0 Å². The highest BCUT2D eigenvalue weighted by molar-refractivity contribution is 7.84. The van der Waals surface area contributed by atoms with Crippen LogP contribution in [0, 0.1) is 5.41 Å². The number of aliphatic carboxylic acids is 1. The SMILES string of the molecule is CC(C)n1ccc(CS(=O)CC2(CC(=O)O)CC2)n1. The fourth-order valence-electron chi connectivity index (χ4n) is 2.17. The van der Waals surface area contributed by atoms with Crippen molar-refractivity contribution in [2.24, 2.45) is 5.41 Å². The molecule has 1 atom stereocenters. The highest BCUT2D eigenvalue weighted by Gasteiger charge is 2.45. The minimum Gasteiger partial charge on any atom is -0.481 e. The average Bonchev–Trinajstić information content (AvgIpc) is 2.86. The Morgan fingerprint density at radius 2 is 2.26 bits per heavy atom. The van der Waals surface area contributed by atoms with Gasteiger partial charge in [-0.05, 0) is 38.2 Å². The summed E-state index contributed by atoms with van der Waals surface area (Å²) in [6.07, 6.45) is 3.79. The van der Waals surface area contributed by atoms with Crippen molar-refractivity contribution in [3.63, 3.8) is 0 Å². The van der Waals surface area contributed by atoms with Gasteiger partial charge in [0.15, 0.2) is 0 Å². The summed E-state index contributed by atoms with van der Waals surface area (Å²) in [4.78, 5) is 10.8. The predicted octanol–water partition coefficient (Wildman–Crippen LogP) is 1.97. The number of nitrogens with zero attached hydrogens (tertiary/aromatic N) is 2. The zero-order valence-corrected chi connectivity index (χ0v) is 12.2. The molecule has 1 fully saturated rings. The second-order valence-corrected chi connectivity index (χ2v) is 7.14. The maximum absolute atomic E-state index is 12.1. The van der Waals surface area contributed by atoms with Gasteiger partial charge in [-0.25, -0.2) is 0 Å². The zero-order chi connectivity index (χ0) is 14.0. The number of rotatable bonds is 7. The summed E-state index contributed by atoms with van der Waals surface area (Å²) in [5.74, 6) is 0.105. The minimum atomic E-state index is -1.03. The molecule has 2 rings (SSSR count). The van der Waals surface area contributed by atoms with E-state index in [9.17, 15) is 9.00 Å². The first-order valence-corrected chi connectivity index (χ1v) is 8.00. The van der Waals surface area contributed by atoms with Crippen LogP contribution in [0.25, 0.3) is 0 Å². The van der Waals surface area contributed by atoms with Crippen molar-refractivity contribution >= 4 is 16.8 Å². The van der Waals surface area contributed by atoms with Crippen LogP contribution in [0.3, 0.4) is 0 Å². The van der Waals surface area contributed by atoms with Gasteiger partial charge in [-0.2, -0.15) is 5.10 Å². The van der Waals surface area contributed by atoms with E-state index in [-0.39, 0.29) is 11.8 Å². The average molecular weight is 284 g/mol. The molecule has 1 N–H and O–H groups in total. The minimum absolute atomic E-state index is 0.138. The summed E-state index contributed by atoms with van der Waals surface area (Å²) in [7, 11) is -1.03. The third kappa shape index (κ3) is 3.89. The van der Waals surface area contributed by atoms with Gasteiger partial charge in [0.05, 0.1) is 17.9 Å². The summed E-state index contributed by atoms with van der Waals surface area (Å²) in [6.45, 7) is 4.08. The fraction of sp³-hybridized carbons (Fsp3) is 0.692. The summed E-state index contributed by atoms with van der Waals surface area (Å²) in [6, 6.07) is 2.18. The number of hydrogen-bond donors (Lipinski definition) is 1. The fourth-order valence-corrected chi connectivity index (χ4v) is 3.83. The number of hydrogen-bond acceptors (Lipinski definition) is 3. The Balaban J connectivity index is 1.89. The van der Waals surface area contributed by atoms with Crippen LogP contribution in [0.4, 0.5) is 0 Å². The normalized spacial score (nSPS) is 18.5. The van der Waals surface area contributed by atoms with Crippen molar-refractivity contribution in [1.29, 1.82) is 0 Å². The van der Waals surface area contributed by atoms with Gasteiger partial charge < -0.3 is 5.11 Å². The van der Waals surface area contributed by atoms with Crippen molar-refractivity contribution in [2.45, 2.75) is 44.9 Å². The smallest absolute Gasteiger partial charge is 0.303 e. The Hall–Kier alpha value is -1.17. The zero-order valence-electron chi connectivity index (χ0n) is 11.3. The Bertz CT molecular complexity index is 492. The van der Waals surface area contributed by atoms with Crippen LogP contribution >= 0.6 is 0 Å². The van der Waals surface area contributed by atoms with E-state index < -0.39 is 16.8 Å². The number of carbonyl (C=O) groups is 1. The maximum Gasteiger partial charge on any atom is 0.303 e. The molecule has 1 aromatic heterocycles. The molecule has 1 saturated carbocycles. The molecule has 106 valence electrons. The third-order valence-corrected chi connectivity index (χ3v) is 5.00. The molecule has 1 aromatic rings. The van der Waals surface area contributed by atoms with E-state index in [0.29, 0.717) is 17.5 Å². The van der Waals surface area contributed by atoms with E-state index in [0.717, 1.165) is 18.5 Å². The van der Waals surface area contributed by atoms with Crippen molar-refractivity contribution < 1.29 is 14.1 Å². The van der Waals surface area contributed by atoms with Crippen molar-refractivity contribution in [2.75, 3.05) is 5.75 Å². The standard InChI is InChI=1S/C13H20N2O3S/c1-10(2)15-6-3-11(14-15)8-19(18)9-13(4-5-13)7-12(16)17/h3,6,10H,4-5,7-9H2,1-2H3,(H,16,17). The molecule has 0 amide bonds. The van der Waals surface area contributed by atoms with Crippen molar-refractivity contribution in [1.82, 2.24) is 9.78 Å². The summed E-state index contributed by atoms with van der Waals surface area (Å²) < 4.78 is 13.9. The molecule has 6 heteroatoms. The molecule has 19 heavy (non-hydrogen) atoms. The number of carboxylic acids is 1. The van der Waals surface area contributed by atoms with Crippen molar-refractivity contribution in [3.05, 3.63) is 18.0 Å². The van der Waals surface area contributed by atoms with Crippen LogP contribution in [-0.4, -0.2) is 30.8 Å². The molecule has 0 aliphatic heterocycles. The van der Waals surface area contributed by atoms with E-state index in [1.54, 1.807) is 0 Å². The van der Waals surface area contributed by atoms with Crippen LogP contribution in [-0.2, 0) is 21.3 Å². The van der Waals surface area contributed by atoms with E-state index in [4.69, 9.17) is 5.11 Å². The first kappa shape index (κ1) is 14.2. The van der Waals surface area contributed by atoms with Crippen LogP contribution in [0.1, 0.15) is 44.8 Å². The Kier molecular flexibility index (Phi) is 4.08. The van der Waals surface area contributed by atoms with Gasteiger partial charge in [0.1, 0.15) is 0 Å². The molecule has 1 unspecified atom stereocenters. The van der Waals surface area contributed by atoms with Crippen molar-refractivity contribution in [3.8, 4) is 0 Å². The van der Waals surface area contributed by atoms with Gasteiger partial charge >= 0.3 is 5.97 Å². The topological polar surface area (TPSA) is 72.2 Å². The Morgan fingerprint density at radius 1 is 1.58 bits per heavy atom. The summed E-state index contributed by atoms with van der Waals surface area (Å²) in [5, 5.41) is 13.2. The van der Waals surface area contributed by atoms with Crippen LogP contribution < -0.4 is 0 Å². The number of aromatic nitrogens is 2. The molecule has 1 heterocycles. The maximum atomic E-state index is 12.1. The number of carboxylic acid groups (broad SMARTS) is 1. The van der Waals surface area contributed by atoms with Crippen LogP contribution in [0.15, 0.2) is 12.3 Å². The lowest BCUT2D eigenvalue weighted by atomic mass is 10.1. The lowest BCUT2D eigenvalue weighted by molar-refractivity contribution is -0.138. The molecule has 0 radical (unpaired) electrons. The summed E-state index contributed by atoms with van der Waals surface area (Å²) >= 11 is 0. The quantitative estimate of drug-likeness (QED) is 0.831. The van der Waals surface area contributed by atoms with Gasteiger partial charge in [-0.3, -0.25) is 13.7 Å². The first-order valence-electron chi connectivity index (χ1n) is 6.51.